The summed E-state index contributed by atoms with van der Waals surface area (Å²) in [6.07, 6.45) is 2.25. The van der Waals surface area contributed by atoms with Crippen LogP contribution < -0.4 is 0 Å². The fraction of sp³-hybridized carbons (Fsp3) is 0.476. The van der Waals surface area contributed by atoms with E-state index in [4.69, 9.17) is 4.42 Å². The largest absolute Gasteiger partial charge is 0.456 e. The van der Waals surface area contributed by atoms with Crippen molar-refractivity contribution in [2.75, 3.05) is 19.6 Å². The van der Waals surface area contributed by atoms with E-state index in [9.17, 15) is 4.79 Å². The summed E-state index contributed by atoms with van der Waals surface area (Å²) < 4.78 is 5.52. The summed E-state index contributed by atoms with van der Waals surface area (Å²) in [7, 11) is 0. The molecule has 4 heteroatoms. The lowest BCUT2D eigenvalue weighted by Gasteiger charge is -2.44. The minimum absolute atomic E-state index is 0.0105. The number of rotatable bonds is 5. The number of hydrogen-bond acceptors (Lipinski definition) is 3. The van der Waals surface area contributed by atoms with Gasteiger partial charge in [-0.3, -0.25) is 9.69 Å². The summed E-state index contributed by atoms with van der Waals surface area (Å²) in [5.41, 5.74) is 1.39. The molecule has 1 aromatic heterocycles. The number of carbonyl (C=O) groups is 1. The third-order valence-corrected chi connectivity index (χ3v) is 5.08. The van der Waals surface area contributed by atoms with E-state index in [1.165, 1.54) is 5.56 Å². The van der Waals surface area contributed by atoms with E-state index >= 15 is 0 Å². The van der Waals surface area contributed by atoms with Crippen molar-refractivity contribution < 1.29 is 9.21 Å². The van der Waals surface area contributed by atoms with Crippen LogP contribution >= 0.6 is 0 Å². The van der Waals surface area contributed by atoms with Gasteiger partial charge in [-0.1, -0.05) is 30.3 Å². The minimum atomic E-state index is 0.0105. The Labute approximate surface area is 150 Å². The molecule has 2 heterocycles. The number of piperazine rings is 1. The van der Waals surface area contributed by atoms with E-state index in [-0.39, 0.29) is 11.9 Å². The Morgan fingerprint density at radius 2 is 1.84 bits per heavy atom. The molecule has 1 amide bonds. The number of hydrogen-bond donors (Lipinski definition) is 0. The molecule has 0 N–H and O–H groups in total. The summed E-state index contributed by atoms with van der Waals surface area (Å²) in [6, 6.07) is 14.8. The second kappa shape index (κ2) is 7.87. The van der Waals surface area contributed by atoms with Crippen LogP contribution in [0.5, 0.6) is 0 Å². The van der Waals surface area contributed by atoms with E-state index in [1.54, 1.807) is 6.07 Å². The predicted octanol–water partition coefficient (Wildman–Crippen LogP) is 3.76. The van der Waals surface area contributed by atoms with Crippen molar-refractivity contribution in [1.29, 1.82) is 0 Å². The third-order valence-electron chi connectivity index (χ3n) is 5.08. The van der Waals surface area contributed by atoms with Crippen LogP contribution in [0, 0.1) is 6.92 Å². The second-order valence-corrected chi connectivity index (χ2v) is 7.15. The molecular formula is C21H28N2O2. The molecule has 1 aliphatic rings. The summed E-state index contributed by atoms with van der Waals surface area (Å²) in [5.74, 6) is 1.24. The van der Waals surface area contributed by atoms with Crippen molar-refractivity contribution in [2.24, 2.45) is 0 Å². The maximum absolute atomic E-state index is 12.7. The zero-order chi connectivity index (χ0) is 17.8. The highest BCUT2D eigenvalue weighted by atomic mass is 16.3. The van der Waals surface area contributed by atoms with E-state index in [0.717, 1.165) is 38.2 Å². The molecule has 2 atom stereocenters. The van der Waals surface area contributed by atoms with Gasteiger partial charge in [0.2, 0.25) is 0 Å². The Morgan fingerprint density at radius 1 is 1.08 bits per heavy atom. The zero-order valence-corrected chi connectivity index (χ0v) is 15.4. The van der Waals surface area contributed by atoms with Crippen LogP contribution in [0.1, 0.15) is 42.1 Å². The Morgan fingerprint density at radius 3 is 2.52 bits per heavy atom. The van der Waals surface area contributed by atoms with Crippen LogP contribution in [-0.2, 0) is 6.42 Å². The van der Waals surface area contributed by atoms with Gasteiger partial charge in [0.05, 0.1) is 0 Å². The van der Waals surface area contributed by atoms with Gasteiger partial charge in [0, 0.05) is 25.2 Å². The van der Waals surface area contributed by atoms with Gasteiger partial charge in [0.25, 0.3) is 5.91 Å². The molecule has 1 aliphatic heterocycles. The van der Waals surface area contributed by atoms with Gasteiger partial charge in [0.1, 0.15) is 5.76 Å². The van der Waals surface area contributed by atoms with Crippen LogP contribution in [0.4, 0.5) is 0 Å². The maximum atomic E-state index is 12.7. The standard InChI is InChI=1S/C21H28N2O2/c1-16-15-23(21(24)20-12-11-18(3)25-20)17(2)14-22(16)13-7-10-19-8-5-4-6-9-19/h4-6,8-9,11-12,16-17H,7,10,13-15H2,1-3H3. The van der Waals surface area contributed by atoms with Crippen LogP contribution in [0.25, 0.3) is 0 Å². The lowest BCUT2D eigenvalue weighted by Crippen LogP contribution is -2.58. The fourth-order valence-electron chi connectivity index (χ4n) is 3.61. The van der Waals surface area contributed by atoms with Crippen LogP contribution in [-0.4, -0.2) is 47.4 Å². The smallest absolute Gasteiger partial charge is 0.289 e. The van der Waals surface area contributed by atoms with Gasteiger partial charge in [-0.15, -0.1) is 0 Å². The Bertz CT molecular complexity index is 695. The minimum Gasteiger partial charge on any atom is -0.456 e. The first kappa shape index (κ1) is 17.7. The van der Waals surface area contributed by atoms with E-state index in [1.807, 2.05) is 17.9 Å². The van der Waals surface area contributed by atoms with Crippen molar-refractivity contribution in [3.8, 4) is 0 Å². The first-order valence-corrected chi connectivity index (χ1v) is 9.20. The summed E-state index contributed by atoms with van der Waals surface area (Å²) >= 11 is 0. The first-order chi connectivity index (χ1) is 12.0. The molecule has 2 unspecified atom stereocenters. The molecule has 2 aromatic rings. The normalized spacial score (nSPS) is 21.5. The molecule has 25 heavy (non-hydrogen) atoms. The predicted molar refractivity (Wildman–Crippen MR) is 99.7 cm³/mol. The van der Waals surface area contributed by atoms with Gasteiger partial charge in [-0.25, -0.2) is 0 Å². The molecule has 0 saturated carbocycles. The quantitative estimate of drug-likeness (QED) is 0.832. The summed E-state index contributed by atoms with van der Waals surface area (Å²) in [5, 5.41) is 0. The van der Waals surface area contributed by atoms with Gasteiger partial charge < -0.3 is 9.32 Å². The monoisotopic (exact) mass is 340 g/mol. The summed E-state index contributed by atoms with van der Waals surface area (Å²) in [4.78, 5) is 17.1. The Kier molecular flexibility index (Phi) is 5.59. The molecule has 0 radical (unpaired) electrons. The highest BCUT2D eigenvalue weighted by molar-refractivity contribution is 5.91. The molecule has 3 rings (SSSR count). The molecule has 0 bridgehead atoms. The SMILES string of the molecule is Cc1ccc(C(=O)N2CC(C)N(CCCc3ccccc3)CC2C)o1. The Balaban J connectivity index is 1.54. The van der Waals surface area contributed by atoms with E-state index < -0.39 is 0 Å². The van der Waals surface area contributed by atoms with Crippen molar-refractivity contribution in [1.82, 2.24) is 9.80 Å². The topological polar surface area (TPSA) is 36.7 Å². The van der Waals surface area contributed by atoms with Crippen LogP contribution in [0.15, 0.2) is 46.9 Å². The lowest BCUT2D eigenvalue weighted by atomic mass is 10.1. The molecule has 134 valence electrons. The van der Waals surface area contributed by atoms with Crippen molar-refractivity contribution in [3.05, 3.63) is 59.5 Å². The van der Waals surface area contributed by atoms with Crippen molar-refractivity contribution in [2.45, 2.75) is 45.7 Å². The van der Waals surface area contributed by atoms with E-state index in [0.29, 0.717) is 11.8 Å². The van der Waals surface area contributed by atoms with Crippen LogP contribution in [0.2, 0.25) is 0 Å². The average Bonchev–Trinajstić information content (AvgIpc) is 3.04. The van der Waals surface area contributed by atoms with Crippen molar-refractivity contribution in [3.63, 3.8) is 0 Å². The maximum Gasteiger partial charge on any atom is 0.289 e. The van der Waals surface area contributed by atoms with Gasteiger partial charge in [-0.05, 0) is 57.9 Å². The number of nitrogens with zero attached hydrogens (tertiary/aromatic N) is 2. The molecule has 0 aliphatic carbocycles. The summed E-state index contributed by atoms with van der Waals surface area (Å²) in [6.45, 7) is 8.95. The highest BCUT2D eigenvalue weighted by Crippen LogP contribution is 2.20. The number of carbonyl (C=O) groups excluding carboxylic acids is 1. The van der Waals surface area contributed by atoms with Gasteiger partial charge >= 0.3 is 0 Å². The molecule has 1 fully saturated rings. The van der Waals surface area contributed by atoms with Crippen molar-refractivity contribution >= 4 is 5.91 Å². The van der Waals surface area contributed by atoms with E-state index in [2.05, 4.69) is 49.1 Å². The second-order valence-electron chi connectivity index (χ2n) is 7.15. The van der Waals surface area contributed by atoms with Gasteiger partial charge in [0.15, 0.2) is 5.76 Å². The first-order valence-electron chi connectivity index (χ1n) is 9.20. The molecule has 1 aromatic carbocycles. The molecule has 4 nitrogen and oxygen atoms in total. The Hall–Kier alpha value is -2.07. The van der Waals surface area contributed by atoms with Crippen LogP contribution in [0.3, 0.4) is 0 Å². The van der Waals surface area contributed by atoms with Gasteiger partial charge in [-0.2, -0.15) is 0 Å². The number of furan rings is 1. The molecular weight excluding hydrogens is 312 g/mol. The zero-order valence-electron chi connectivity index (χ0n) is 15.4. The number of benzene rings is 1. The average molecular weight is 340 g/mol. The number of amides is 1. The number of aryl methyl sites for hydroxylation is 2. The lowest BCUT2D eigenvalue weighted by molar-refractivity contribution is 0.0290. The highest BCUT2D eigenvalue weighted by Gasteiger charge is 2.33. The molecule has 1 saturated heterocycles. The fourth-order valence-corrected chi connectivity index (χ4v) is 3.61. The third kappa shape index (κ3) is 4.31. The molecule has 0 spiro atoms.